The highest BCUT2D eigenvalue weighted by molar-refractivity contribution is 6.29. The maximum atomic E-state index is 7.20. The quantitative estimate of drug-likeness (QED) is 0.616. The van der Waals surface area contributed by atoms with Gasteiger partial charge < -0.3 is 11.1 Å². The second-order valence-corrected chi connectivity index (χ2v) is 3.55. The van der Waals surface area contributed by atoms with Gasteiger partial charge in [0.05, 0.1) is 11.0 Å². The summed E-state index contributed by atoms with van der Waals surface area (Å²) in [7, 11) is 0. The van der Waals surface area contributed by atoms with Gasteiger partial charge in [-0.2, -0.15) is 0 Å². The van der Waals surface area contributed by atoms with E-state index in [0.29, 0.717) is 16.2 Å². The number of rotatable bonds is 2. The molecule has 0 amide bonds. The van der Waals surface area contributed by atoms with Crippen LogP contribution < -0.4 is 5.73 Å². The summed E-state index contributed by atoms with van der Waals surface area (Å²) in [6.45, 7) is 0. The average molecular weight is 233 g/mol. The highest BCUT2D eigenvalue weighted by atomic mass is 35.5. The molecule has 0 bridgehead atoms. The number of nitrogens with one attached hydrogen (secondary N) is 1. The number of hydrogen-bond acceptors (Lipinski definition) is 4. The van der Waals surface area contributed by atoms with E-state index in [-0.39, 0.29) is 0 Å². The minimum absolute atomic E-state index is 0.416. The molecule has 2 heterocycles. The topological polar surface area (TPSA) is 75.7 Å². The lowest BCUT2D eigenvalue weighted by molar-refractivity contribution is 1.32. The first-order valence-corrected chi connectivity index (χ1v) is 4.97. The molecule has 16 heavy (non-hydrogen) atoms. The maximum Gasteiger partial charge on any atom is 0.129 e. The van der Waals surface area contributed by atoms with Crippen LogP contribution in [0.25, 0.3) is 16.6 Å². The number of nitrogens with two attached hydrogens (primary N) is 1. The van der Waals surface area contributed by atoms with E-state index < -0.39 is 0 Å². The summed E-state index contributed by atoms with van der Waals surface area (Å²) in [5.41, 5.74) is 8.19. The van der Waals surface area contributed by atoms with Gasteiger partial charge in [0.25, 0.3) is 0 Å². The molecule has 2 aromatic heterocycles. The van der Waals surface area contributed by atoms with Gasteiger partial charge in [-0.25, -0.2) is 4.98 Å². The van der Waals surface area contributed by atoms with E-state index in [1.807, 2.05) is 0 Å². The molecule has 0 aliphatic carbocycles. The molecule has 4 nitrogen and oxygen atoms in total. The Hall–Kier alpha value is -1.94. The Balaban J connectivity index is 2.63. The fourth-order valence-corrected chi connectivity index (χ4v) is 1.52. The molecule has 0 spiro atoms. The van der Waals surface area contributed by atoms with Gasteiger partial charge in [0.15, 0.2) is 0 Å². The lowest BCUT2D eigenvalue weighted by Gasteiger charge is -2.02. The molecule has 2 rings (SSSR count). The average Bonchev–Trinajstić information content (AvgIpc) is 2.30. The Morgan fingerprint density at radius 2 is 2.19 bits per heavy atom. The van der Waals surface area contributed by atoms with Crippen LogP contribution in [-0.4, -0.2) is 16.2 Å². The normalized spacial score (nSPS) is 11.7. The van der Waals surface area contributed by atoms with Crippen molar-refractivity contribution < 1.29 is 0 Å². The number of halogens is 1. The van der Waals surface area contributed by atoms with Gasteiger partial charge in [0.1, 0.15) is 5.15 Å². The van der Waals surface area contributed by atoms with Gasteiger partial charge in [-0.05, 0) is 18.2 Å². The molecular formula is C11H9ClN4. The van der Waals surface area contributed by atoms with Crippen molar-refractivity contribution in [2.75, 3.05) is 0 Å². The molecule has 3 N–H and O–H groups in total. The summed E-state index contributed by atoms with van der Waals surface area (Å²) >= 11 is 5.80. The molecule has 0 aromatic carbocycles. The lowest BCUT2D eigenvalue weighted by Crippen LogP contribution is -1.93. The van der Waals surface area contributed by atoms with Crippen molar-refractivity contribution in [2.24, 2.45) is 5.73 Å². The first kappa shape index (κ1) is 10.6. The zero-order valence-electron chi connectivity index (χ0n) is 8.31. The number of fused-ring (bicyclic) bond motifs is 1. The first-order valence-electron chi connectivity index (χ1n) is 4.59. The van der Waals surface area contributed by atoms with Gasteiger partial charge in [-0.15, -0.1) is 0 Å². The predicted molar refractivity (Wildman–Crippen MR) is 65.5 cm³/mol. The van der Waals surface area contributed by atoms with E-state index in [1.54, 1.807) is 24.4 Å². The van der Waals surface area contributed by atoms with Crippen LogP contribution in [0, 0.1) is 5.41 Å². The Morgan fingerprint density at radius 1 is 1.38 bits per heavy atom. The van der Waals surface area contributed by atoms with Crippen LogP contribution >= 0.6 is 11.6 Å². The number of aromatic nitrogens is 2. The minimum Gasteiger partial charge on any atom is -0.404 e. The standard InChI is InChI=1S/C11H9ClN4/c12-11-2-1-9-10(16-11)3-7(6-15-9)8(4-13)5-14/h1-6,13H,14H2. The summed E-state index contributed by atoms with van der Waals surface area (Å²) in [5.74, 6) is 0. The number of allylic oxidation sites excluding steroid dienone is 1. The van der Waals surface area contributed by atoms with Gasteiger partial charge in [-0.3, -0.25) is 4.98 Å². The third kappa shape index (κ3) is 1.87. The van der Waals surface area contributed by atoms with Gasteiger partial charge in [0.2, 0.25) is 0 Å². The number of nitrogens with zero attached hydrogens (tertiary/aromatic N) is 2. The molecule has 0 saturated heterocycles. The molecular weight excluding hydrogens is 224 g/mol. The van der Waals surface area contributed by atoms with Crippen molar-refractivity contribution in [3.05, 3.63) is 41.3 Å². The molecule has 0 saturated carbocycles. The van der Waals surface area contributed by atoms with E-state index in [4.69, 9.17) is 22.7 Å². The Morgan fingerprint density at radius 3 is 2.88 bits per heavy atom. The van der Waals surface area contributed by atoms with E-state index in [1.165, 1.54) is 12.4 Å². The summed E-state index contributed by atoms with van der Waals surface area (Å²) in [4.78, 5) is 8.37. The largest absolute Gasteiger partial charge is 0.404 e. The molecule has 0 radical (unpaired) electrons. The second kappa shape index (κ2) is 4.28. The number of hydrogen-bond donors (Lipinski definition) is 2. The molecule has 0 atom stereocenters. The van der Waals surface area contributed by atoms with E-state index >= 15 is 0 Å². The first-order chi connectivity index (χ1) is 7.74. The Kier molecular flexibility index (Phi) is 2.83. The van der Waals surface area contributed by atoms with Crippen LogP contribution in [0.1, 0.15) is 5.56 Å². The maximum absolute atomic E-state index is 7.20. The molecule has 80 valence electrons. The molecule has 2 aromatic rings. The van der Waals surface area contributed by atoms with E-state index in [0.717, 1.165) is 11.1 Å². The molecule has 5 heteroatoms. The van der Waals surface area contributed by atoms with Crippen molar-refractivity contribution in [1.82, 2.24) is 9.97 Å². The zero-order valence-corrected chi connectivity index (χ0v) is 9.07. The molecule has 0 fully saturated rings. The van der Waals surface area contributed by atoms with E-state index in [2.05, 4.69) is 9.97 Å². The predicted octanol–water partition coefficient (Wildman–Crippen LogP) is 2.23. The van der Waals surface area contributed by atoms with E-state index in [9.17, 15) is 0 Å². The van der Waals surface area contributed by atoms with Crippen LogP contribution in [-0.2, 0) is 0 Å². The van der Waals surface area contributed by atoms with Crippen molar-refractivity contribution in [3.8, 4) is 0 Å². The monoisotopic (exact) mass is 232 g/mol. The van der Waals surface area contributed by atoms with Gasteiger partial charge >= 0.3 is 0 Å². The third-order valence-corrected chi connectivity index (χ3v) is 2.38. The third-order valence-electron chi connectivity index (χ3n) is 2.17. The molecule has 0 aliphatic heterocycles. The zero-order chi connectivity index (χ0) is 11.5. The van der Waals surface area contributed by atoms with Crippen LogP contribution in [0.2, 0.25) is 5.15 Å². The fourth-order valence-electron chi connectivity index (χ4n) is 1.37. The van der Waals surface area contributed by atoms with Crippen LogP contribution in [0.5, 0.6) is 0 Å². The Labute approximate surface area is 97.3 Å². The highest BCUT2D eigenvalue weighted by Crippen LogP contribution is 2.18. The van der Waals surface area contributed by atoms with Crippen LogP contribution in [0.3, 0.4) is 0 Å². The van der Waals surface area contributed by atoms with Gasteiger partial charge in [-0.1, -0.05) is 11.6 Å². The smallest absolute Gasteiger partial charge is 0.129 e. The molecule has 0 aliphatic rings. The summed E-state index contributed by atoms with van der Waals surface area (Å²) in [6, 6.07) is 5.29. The second-order valence-electron chi connectivity index (χ2n) is 3.16. The van der Waals surface area contributed by atoms with Crippen molar-refractivity contribution in [2.45, 2.75) is 0 Å². The van der Waals surface area contributed by atoms with Crippen molar-refractivity contribution >= 4 is 34.4 Å². The SMILES string of the molecule is N=CC(=CN)c1cnc2ccc(Cl)nc2c1. The Bertz CT molecular complexity index is 577. The highest BCUT2D eigenvalue weighted by Gasteiger charge is 2.02. The summed E-state index contributed by atoms with van der Waals surface area (Å²) < 4.78 is 0. The summed E-state index contributed by atoms with van der Waals surface area (Å²) in [6.07, 6.45) is 4.19. The van der Waals surface area contributed by atoms with Crippen LogP contribution in [0.4, 0.5) is 0 Å². The van der Waals surface area contributed by atoms with Crippen molar-refractivity contribution in [1.29, 1.82) is 5.41 Å². The molecule has 0 unspecified atom stereocenters. The van der Waals surface area contributed by atoms with Crippen molar-refractivity contribution in [3.63, 3.8) is 0 Å². The van der Waals surface area contributed by atoms with Crippen LogP contribution in [0.15, 0.2) is 30.6 Å². The lowest BCUT2D eigenvalue weighted by atomic mass is 10.1. The minimum atomic E-state index is 0.416. The fraction of sp³-hybridized carbons (Fsp3) is 0. The number of pyridine rings is 2. The summed E-state index contributed by atoms with van der Waals surface area (Å²) in [5, 5.41) is 7.62. The van der Waals surface area contributed by atoms with Gasteiger partial charge in [0, 0.05) is 29.7 Å².